The highest BCUT2D eigenvalue weighted by molar-refractivity contribution is 6.24. The standard InChI is InChI=1S/C20H22N4O5/c1-23(11-13-9-21-7-8-29-13)10-12-3-2-4-14-17(12)20(28)24(19(14)27)15-5-6-16(25)22-18(15)26/h2-4,9,15,21H,5-8,10-11H2,1H3,(H,22,25,26). The Bertz CT molecular complexity index is 925. The predicted octanol–water partition coefficient (Wildman–Crippen LogP) is -0.0192. The fraction of sp³-hybridized carbons (Fsp3) is 0.400. The normalized spacial score (nSPS) is 21.5. The SMILES string of the molecule is CN(CC1=CNCCO1)Cc1cccc2c1C(=O)N(C1CCC(=O)NC1=O)C2=O. The second-order valence-electron chi connectivity index (χ2n) is 7.37. The second kappa shape index (κ2) is 7.67. The lowest BCUT2D eigenvalue weighted by Crippen LogP contribution is -2.54. The van der Waals surface area contributed by atoms with Crippen molar-refractivity contribution in [3.8, 4) is 0 Å². The summed E-state index contributed by atoms with van der Waals surface area (Å²) in [6.07, 6.45) is 2.07. The summed E-state index contributed by atoms with van der Waals surface area (Å²) in [6.45, 7) is 2.36. The van der Waals surface area contributed by atoms with Gasteiger partial charge in [0.05, 0.1) is 17.7 Å². The number of rotatable bonds is 5. The number of amides is 4. The molecule has 2 N–H and O–H groups in total. The number of likely N-dealkylation sites (N-methyl/N-ethyl adjacent to an activating group) is 1. The summed E-state index contributed by atoms with van der Waals surface area (Å²) in [5, 5.41) is 5.34. The molecular weight excluding hydrogens is 376 g/mol. The zero-order chi connectivity index (χ0) is 20.5. The van der Waals surface area contributed by atoms with E-state index in [1.807, 2.05) is 24.2 Å². The number of carbonyl (C=O) groups is 4. The van der Waals surface area contributed by atoms with Gasteiger partial charge in [-0.25, -0.2) is 0 Å². The Labute approximate surface area is 167 Å². The number of benzene rings is 1. The number of carbonyl (C=O) groups excluding carboxylic acids is 4. The summed E-state index contributed by atoms with van der Waals surface area (Å²) in [5.74, 6) is -1.18. The van der Waals surface area contributed by atoms with Crippen molar-refractivity contribution in [2.24, 2.45) is 0 Å². The zero-order valence-electron chi connectivity index (χ0n) is 16.1. The van der Waals surface area contributed by atoms with Gasteiger partial charge < -0.3 is 10.1 Å². The van der Waals surface area contributed by atoms with Crippen LogP contribution in [0.15, 0.2) is 30.2 Å². The quantitative estimate of drug-likeness (QED) is 0.671. The van der Waals surface area contributed by atoms with E-state index in [1.165, 1.54) is 0 Å². The summed E-state index contributed by atoms with van der Waals surface area (Å²) in [4.78, 5) is 52.6. The molecule has 1 aromatic rings. The Balaban J connectivity index is 1.55. The molecule has 0 radical (unpaired) electrons. The molecule has 1 saturated heterocycles. The molecule has 0 saturated carbocycles. The average molecular weight is 398 g/mol. The van der Waals surface area contributed by atoms with E-state index in [-0.39, 0.29) is 18.7 Å². The molecule has 3 aliphatic rings. The van der Waals surface area contributed by atoms with Crippen LogP contribution < -0.4 is 10.6 Å². The lowest BCUT2D eigenvalue weighted by molar-refractivity contribution is -0.136. The minimum atomic E-state index is -0.961. The number of hydrogen-bond donors (Lipinski definition) is 2. The van der Waals surface area contributed by atoms with Gasteiger partial charge in [-0.15, -0.1) is 0 Å². The highest BCUT2D eigenvalue weighted by atomic mass is 16.5. The van der Waals surface area contributed by atoms with E-state index in [4.69, 9.17) is 4.74 Å². The Kier molecular flexibility index (Phi) is 5.06. The molecule has 9 nitrogen and oxygen atoms in total. The van der Waals surface area contributed by atoms with E-state index < -0.39 is 23.8 Å². The van der Waals surface area contributed by atoms with Crippen LogP contribution in [0.5, 0.6) is 0 Å². The summed E-state index contributed by atoms with van der Waals surface area (Å²) >= 11 is 0. The van der Waals surface area contributed by atoms with E-state index in [1.54, 1.807) is 12.1 Å². The van der Waals surface area contributed by atoms with Crippen molar-refractivity contribution in [2.45, 2.75) is 25.4 Å². The van der Waals surface area contributed by atoms with Crippen LogP contribution in [-0.4, -0.2) is 66.2 Å². The summed E-state index contributed by atoms with van der Waals surface area (Å²) in [7, 11) is 1.90. The summed E-state index contributed by atoms with van der Waals surface area (Å²) in [5.41, 5.74) is 1.33. The van der Waals surface area contributed by atoms with Gasteiger partial charge in [0.2, 0.25) is 11.8 Å². The molecule has 3 heterocycles. The maximum atomic E-state index is 13.1. The van der Waals surface area contributed by atoms with Gasteiger partial charge >= 0.3 is 0 Å². The molecule has 29 heavy (non-hydrogen) atoms. The van der Waals surface area contributed by atoms with Crippen molar-refractivity contribution in [2.75, 3.05) is 26.7 Å². The third-order valence-corrected chi connectivity index (χ3v) is 5.22. The van der Waals surface area contributed by atoms with E-state index in [0.717, 1.165) is 17.2 Å². The fourth-order valence-corrected chi connectivity index (χ4v) is 3.89. The lowest BCUT2D eigenvalue weighted by atomic mass is 10.0. The van der Waals surface area contributed by atoms with Gasteiger partial charge in [0.15, 0.2) is 0 Å². The number of ether oxygens (including phenoxy) is 1. The van der Waals surface area contributed by atoms with Crippen molar-refractivity contribution in [1.82, 2.24) is 20.4 Å². The molecule has 0 aromatic heterocycles. The monoisotopic (exact) mass is 398 g/mol. The van der Waals surface area contributed by atoms with Crippen LogP contribution in [0.3, 0.4) is 0 Å². The van der Waals surface area contributed by atoms with Crippen LogP contribution in [-0.2, 0) is 20.9 Å². The van der Waals surface area contributed by atoms with Crippen molar-refractivity contribution < 1.29 is 23.9 Å². The number of nitrogens with zero attached hydrogens (tertiary/aromatic N) is 2. The van der Waals surface area contributed by atoms with Crippen LogP contribution in [0.2, 0.25) is 0 Å². The van der Waals surface area contributed by atoms with Gasteiger partial charge in [-0.3, -0.25) is 34.3 Å². The van der Waals surface area contributed by atoms with Gasteiger partial charge in [0.25, 0.3) is 11.8 Å². The molecule has 0 aliphatic carbocycles. The minimum Gasteiger partial charge on any atom is -0.493 e. The van der Waals surface area contributed by atoms with Gasteiger partial charge in [0.1, 0.15) is 18.4 Å². The van der Waals surface area contributed by atoms with Gasteiger partial charge in [-0.1, -0.05) is 12.1 Å². The molecular formula is C20H22N4O5. The number of nitrogens with one attached hydrogen (secondary N) is 2. The maximum Gasteiger partial charge on any atom is 0.262 e. The minimum absolute atomic E-state index is 0.0998. The van der Waals surface area contributed by atoms with E-state index in [9.17, 15) is 19.2 Å². The molecule has 1 atom stereocenters. The Morgan fingerprint density at radius 1 is 1.17 bits per heavy atom. The van der Waals surface area contributed by atoms with Crippen molar-refractivity contribution in [3.05, 3.63) is 46.8 Å². The number of imide groups is 2. The molecule has 3 aliphatic heterocycles. The first kappa shape index (κ1) is 19.1. The number of piperidine rings is 1. The van der Waals surface area contributed by atoms with Crippen LogP contribution in [0.25, 0.3) is 0 Å². The number of fused-ring (bicyclic) bond motifs is 1. The Hall–Kier alpha value is -3.20. The topological polar surface area (TPSA) is 108 Å². The lowest BCUT2D eigenvalue weighted by Gasteiger charge is -2.28. The van der Waals surface area contributed by atoms with Crippen molar-refractivity contribution in [1.29, 1.82) is 0 Å². The average Bonchev–Trinajstić information content (AvgIpc) is 2.94. The van der Waals surface area contributed by atoms with Crippen LogP contribution >= 0.6 is 0 Å². The highest BCUT2D eigenvalue weighted by Gasteiger charge is 2.45. The first-order valence-electron chi connectivity index (χ1n) is 9.53. The number of hydrogen-bond acceptors (Lipinski definition) is 7. The first-order valence-corrected chi connectivity index (χ1v) is 9.53. The van der Waals surface area contributed by atoms with Crippen LogP contribution in [0.4, 0.5) is 0 Å². The van der Waals surface area contributed by atoms with Crippen LogP contribution in [0.1, 0.15) is 39.1 Å². The first-order chi connectivity index (χ1) is 14.0. The zero-order valence-corrected chi connectivity index (χ0v) is 16.1. The molecule has 0 spiro atoms. The largest absolute Gasteiger partial charge is 0.493 e. The Morgan fingerprint density at radius 3 is 2.72 bits per heavy atom. The molecule has 1 aromatic carbocycles. The van der Waals surface area contributed by atoms with Gasteiger partial charge in [0, 0.05) is 25.7 Å². The van der Waals surface area contributed by atoms with Crippen LogP contribution in [0, 0.1) is 0 Å². The molecule has 0 bridgehead atoms. The van der Waals surface area contributed by atoms with Crippen molar-refractivity contribution in [3.63, 3.8) is 0 Å². The van der Waals surface area contributed by atoms with Crippen molar-refractivity contribution >= 4 is 23.6 Å². The predicted molar refractivity (Wildman–Crippen MR) is 101 cm³/mol. The Morgan fingerprint density at radius 2 is 2.00 bits per heavy atom. The molecule has 1 fully saturated rings. The molecule has 152 valence electrons. The maximum absolute atomic E-state index is 13.1. The molecule has 4 rings (SSSR count). The molecule has 9 heteroatoms. The molecule has 1 unspecified atom stereocenters. The summed E-state index contributed by atoms with van der Waals surface area (Å²) in [6, 6.07) is 4.18. The fourth-order valence-electron chi connectivity index (χ4n) is 3.89. The third kappa shape index (κ3) is 3.61. The van der Waals surface area contributed by atoms with E-state index >= 15 is 0 Å². The van der Waals surface area contributed by atoms with E-state index in [0.29, 0.717) is 36.4 Å². The smallest absolute Gasteiger partial charge is 0.262 e. The van der Waals surface area contributed by atoms with Gasteiger partial charge in [-0.05, 0) is 25.1 Å². The highest BCUT2D eigenvalue weighted by Crippen LogP contribution is 2.30. The molecule has 4 amide bonds. The summed E-state index contributed by atoms with van der Waals surface area (Å²) < 4.78 is 5.59. The van der Waals surface area contributed by atoms with Gasteiger partial charge in [-0.2, -0.15) is 0 Å². The van der Waals surface area contributed by atoms with E-state index in [2.05, 4.69) is 10.6 Å². The second-order valence-corrected chi connectivity index (χ2v) is 7.37. The third-order valence-electron chi connectivity index (χ3n) is 5.22.